The lowest BCUT2D eigenvalue weighted by atomic mass is 10.1. The standard InChI is InChI=1S/C26H27ClFN3O5S/c1-18(26(33)29-2)30(16-19-9-12-21(28)13-10-19)25(32)17-31(23-15-20(27)11-14-24(23)36-3)37(34,35)22-7-5-4-6-8-22/h4-15,18H,16-17H2,1-3H3,(H,29,33)/t18-/m1/s1. The third-order valence-corrected chi connectivity index (χ3v) is 7.71. The number of rotatable bonds is 10. The molecule has 0 aromatic heterocycles. The van der Waals surface area contributed by atoms with E-state index in [4.69, 9.17) is 16.3 Å². The summed E-state index contributed by atoms with van der Waals surface area (Å²) >= 11 is 6.19. The van der Waals surface area contributed by atoms with Crippen LogP contribution in [0, 0.1) is 5.82 Å². The largest absolute Gasteiger partial charge is 0.495 e. The Labute approximate surface area is 220 Å². The molecule has 196 valence electrons. The molecule has 0 saturated carbocycles. The van der Waals surface area contributed by atoms with Crippen molar-refractivity contribution in [2.75, 3.05) is 25.0 Å². The summed E-state index contributed by atoms with van der Waals surface area (Å²) in [5.41, 5.74) is 0.616. The maximum Gasteiger partial charge on any atom is 0.264 e. The first-order valence-corrected chi connectivity index (χ1v) is 13.1. The Kier molecular flexibility index (Phi) is 9.12. The summed E-state index contributed by atoms with van der Waals surface area (Å²) in [5, 5.41) is 2.73. The smallest absolute Gasteiger partial charge is 0.264 e. The van der Waals surface area contributed by atoms with Gasteiger partial charge in [0.1, 0.15) is 24.2 Å². The van der Waals surface area contributed by atoms with E-state index >= 15 is 0 Å². The molecule has 0 fully saturated rings. The van der Waals surface area contributed by atoms with Crippen molar-refractivity contribution in [3.05, 3.63) is 89.2 Å². The van der Waals surface area contributed by atoms with E-state index in [-0.39, 0.29) is 27.9 Å². The summed E-state index contributed by atoms with van der Waals surface area (Å²) in [6.45, 7) is 0.812. The first-order chi connectivity index (χ1) is 17.6. The van der Waals surface area contributed by atoms with Gasteiger partial charge in [0.15, 0.2) is 0 Å². The number of sulfonamides is 1. The van der Waals surface area contributed by atoms with E-state index in [1.165, 1.54) is 80.6 Å². The number of hydrogen-bond acceptors (Lipinski definition) is 5. The highest BCUT2D eigenvalue weighted by molar-refractivity contribution is 7.92. The lowest BCUT2D eigenvalue weighted by Gasteiger charge is -2.32. The summed E-state index contributed by atoms with van der Waals surface area (Å²) < 4.78 is 47.2. The van der Waals surface area contributed by atoms with Crippen molar-refractivity contribution in [3.63, 3.8) is 0 Å². The Bertz CT molecular complexity index is 1350. The molecule has 0 bridgehead atoms. The van der Waals surface area contributed by atoms with Gasteiger partial charge in [0.25, 0.3) is 10.0 Å². The third kappa shape index (κ3) is 6.58. The van der Waals surface area contributed by atoms with E-state index < -0.39 is 40.2 Å². The van der Waals surface area contributed by atoms with E-state index in [2.05, 4.69) is 5.32 Å². The molecule has 3 aromatic carbocycles. The molecular formula is C26H27ClFN3O5S. The molecule has 1 atom stereocenters. The quantitative estimate of drug-likeness (QED) is 0.416. The molecule has 0 saturated heterocycles. The lowest BCUT2D eigenvalue weighted by Crippen LogP contribution is -2.50. The number of nitrogens with one attached hydrogen (secondary N) is 1. The van der Waals surface area contributed by atoms with E-state index in [1.54, 1.807) is 18.2 Å². The zero-order valence-corrected chi connectivity index (χ0v) is 22.1. The highest BCUT2D eigenvalue weighted by Crippen LogP contribution is 2.35. The number of carbonyl (C=O) groups excluding carboxylic acids is 2. The van der Waals surface area contributed by atoms with Crippen LogP contribution in [0.15, 0.2) is 77.7 Å². The van der Waals surface area contributed by atoms with Crippen molar-refractivity contribution in [2.24, 2.45) is 0 Å². The minimum absolute atomic E-state index is 0.0470. The first kappa shape index (κ1) is 27.9. The summed E-state index contributed by atoms with van der Waals surface area (Å²) in [6.07, 6.45) is 0. The van der Waals surface area contributed by atoms with Gasteiger partial charge in [0.05, 0.1) is 17.7 Å². The Hall–Kier alpha value is -3.63. The van der Waals surface area contributed by atoms with Gasteiger partial charge in [0.2, 0.25) is 11.8 Å². The highest BCUT2D eigenvalue weighted by Gasteiger charge is 2.33. The third-order valence-electron chi connectivity index (χ3n) is 5.70. The van der Waals surface area contributed by atoms with Crippen LogP contribution in [0.4, 0.5) is 10.1 Å². The maximum atomic E-state index is 13.8. The molecule has 0 aliphatic rings. The molecule has 0 aliphatic heterocycles. The molecule has 8 nitrogen and oxygen atoms in total. The number of ether oxygens (including phenoxy) is 1. The molecule has 0 unspecified atom stereocenters. The maximum absolute atomic E-state index is 13.8. The molecule has 0 heterocycles. The van der Waals surface area contributed by atoms with Crippen molar-refractivity contribution >= 4 is 39.1 Å². The van der Waals surface area contributed by atoms with Crippen LogP contribution in [0.5, 0.6) is 5.75 Å². The fourth-order valence-electron chi connectivity index (χ4n) is 3.67. The van der Waals surface area contributed by atoms with Crippen molar-refractivity contribution in [2.45, 2.75) is 24.4 Å². The van der Waals surface area contributed by atoms with Gasteiger partial charge in [-0.2, -0.15) is 0 Å². The topological polar surface area (TPSA) is 96.0 Å². The summed E-state index contributed by atoms with van der Waals surface area (Å²) in [5.74, 6) is -1.38. The van der Waals surface area contributed by atoms with Crippen LogP contribution in [-0.4, -0.2) is 51.9 Å². The van der Waals surface area contributed by atoms with Gasteiger partial charge in [-0.05, 0) is 55.0 Å². The fourth-order valence-corrected chi connectivity index (χ4v) is 5.27. The molecule has 37 heavy (non-hydrogen) atoms. The van der Waals surface area contributed by atoms with Gasteiger partial charge >= 0.3 is 0 Å². The number of methoxy groups -OCH3 is 1. The predicted octanol–water partition coefficient (Wildman–Crippen LogP) is 3.85. The zero-order valence-electron chi connectivity index (χ0n) is 20.5. The second kappa shape index (κ2) is 12.1. The number of hydrogen-bond donors (Lipinski definition) is 1. The Morgan fingerprint density at radius 2 is 1.70 bits per heavy atom. The second-order valence-electron chi connectivity index (χ2n) is 8.08. The number of anilines is 1. The van der Waals surface area contributed by atoms with Crippen LogP contribution >= 0.6 is 11.6 Å². The van der Waals surface area contributed by atoms with Crippen LogP contribution in [0.2, 0.25) is 5.02 Å². The van der Waals surface area contributed by atoms with Crippen LogP contribution in [0.1, 0.15) is 12.5 Å². The van der Waals surface area contributed by atoms with Crippen molar-refractivity contribution < 1.29 is 27.1 Å². The Morgan fingerprint density at radius 3 is 2.30 bits per heavy atom. The highest BCUT2D eigenvalue weighted by atomic mass is 35.5. The number of nitrogens with zero attached hydrogens (tertiary/aromatic N) is 2. The van der Waals surface area contributed by atoms with E-state index in [1.807, 2.05) is 0 Å². The number of likely N-dealkylation sites (N-methyl/N-ethyl adjacent to an activating group) is 1. The minimum atomic E-state index is -4.26. The number of carbonyl (C=O) groups is 2. The van der Waals surface area contributed by atoms with Gasteiger partial charge in [-0.15, -0.1) is 0 Å². The van der Waals surface area contributed by atoms with Crippen LogP contribution in [-0.2, 0) is 26.2 Å². The Balaban J connectivity index is 2.09. The van der Waals surface area contributed by atoms with Gasteiger partial charge in [-0.3, -0.25) is 13.9 Å². The lowest BCUT2D eigenvalue weighted by molar-refractivity contribution is -0.139. The first-order valence-electron chi connectivity index (χ1n) is 11.2. The molecule has 3 rings (SSSR count). The van der Waals surface area contributed by atoms with Crippen LogP contribution in [0.3, 0.4) is 0 Å². The molecule has 0 spiro atoms. The van der Waals surface area contributed by atoms with Crippen molar-refractivity contribution in [1.29, 1.82) is 0 Å². The molecule has 0 radical (unpaired) electrons. The molecule has 2 amide bonds. The Morgan fingerprint density at radius 1 is 1.05 bits per heavy atom. The van der Waals surface area contributed by atoms with E-state index in [0.717, 1.165) is 4.31 Å². The van der Waals surface area contributed by atoms with Gasteiger partial charge in [-0.25, -0.2) is 12.8 Å². The van der Waals surface area contributed by atoms with Crippen LogP contribution < -0.4 is 14.4 Å². The van der Waals surface area contributed by atoms with Crippen molar-refractivity contribution in [1.82, 2.24) is 10.2 Å². The van der Waals surface area contributed by atoms with Gasteiger partial charge in [0, 0.05) is 18.6 Å². The summed E-state index contributed by atoms with van der Waals surface area (Å²) in [6, 6.07) is 16.6. The normalized spacial score (nSPS) is 11.9. The molecule has 1 N–H and O–H groups in total. The van der Waals surface area contributed by atoms with Gasteiger partial charge in [-0.1, -0.05) is 41.9 Å². The molecule has 0 aliphatic carbocycles. The molecular weight excluding hydrogens is 521 g/mol. The molecule has 11 heteroatoms. The molecule has 3 aromatic rings. The van der Waals surface area contributed by atoms with Crippen molar-refractivity contribution in [3.8, 4) is 5.75 Å². The summed E-state index contributed by atoms with van der Waals surface area (Å²) in [7, 11) is -1.46. The van der Waals surface area contributed by atoms with E-state index in [0.29, 0.717) is 5.56 Å². The van der Waals surface area contributed by atoms with Gasteiger partial charge < -0.3 is 15.0 Å². The van der Waals surface area contributed by atoms with E-state index in [9.17, 15) is 22.4 Å². The predicted molar refractivity (Wildman–Crippen MR) is 139 cm³/mol. The minimum Gasteiger partial charge on any atom is -0.495 e. The SMILES string of the molecule is CNC(=O)[C@@H](C)N(Cc1ccc(F)cc1)C(=O)CN(c1cc(Cl)ccc1OC)S(=O)(=O)c1ccccc1. The number of amides is 2. The number of halogens is 2. The average molecular weight is 548 g/mol. The average Bonchev–Trinajstić information content (AvgIpc) is 2.90. The zero-order chi connectivity index (χ0) is 27.2. The fraction of sp³-hybridized carbons (Fsp3) is 0.231. The van der Waals surface area contributed by atoms with Crippen LogP contribution in [0.25, 0.3) is 0 Å². The second-order valence-corrected chi connectivity index (χ2v) is 10.4. The number of benzene rings is 3. The monoisotopic (exact) mass is 547 g/mol. The summed E-state index contributed by atoms with van der Waals surface area (Å²) in [4.78, 5) is 27.4.